The molecular formula is C10H19N3O. The van der Waals surface area contributed by atoms with Crippen LogP contribution in [0.2, 0.25) is 0 Å². The summed E-state index contributed by atoms with van der Waals surface area (Å²) in [6, 6.07) is 0. The first-order valence-electron chi connectivity index (χ1n) is 5.13. The fourth-order valence-corrected chi connectivity index (χ4v) is 1.36. The lowest BCUT2D eigenvalue weighted by Gasteiger charge is -2.04. The van der Waals surface area contributed by atoms with E-state index in [-0.39, 0.29) is 5.56 Å². The average Bonchev–Trinajstić information content (AvgIpc) is 2.41. The van der Waals surface area contributed by atoms with Gasteiger partial charge in [0.15, 0.2) is 0 Å². The Morgan fingerprint density at radius 3 is 2.57 bits per heavy atom. The molecule has 0 fully saturated rings. The number of nitrogens with zero attached hydrogens (tertiary/aromatic N) is 1. The van der Waals surface area contributed by atoms with E-state index in [4.69, 9.17) is 5.73 Å². The topological polar surface area (TPSA) is 63.8 Å². The van der Waals surface area contributed by atoms with Crippen LogP contribution in [0.1, 0.15) is 32.9 Å². The normalized spacial score (nSPS) is 11.1. The van der Waals surface area contributed by atoms with Crippen molar-refractivity contribution in [2.75, 3.05) is 5.73 Å². The second-order valence-electron chi connectivity index (χ2n) is 4.00. The molecule has 80 valence electrons. The quantitative estimate of drug-likeness (QED) is 0.765. The summed E-state index contributed by atoms with van der Waals surface area (Å²) in [4.78, 5) is 11.6. The van der Waals surface area contributed by atoms with E-state index in [1.54, 1.807) is 4.68 Å². The van der Waals surface area contributed by atoms with Crippen LogP contribution in [0.25, 0.3) is 0 Å². The Hall–Kier alpha value is -1.19. The maximum Gasteiger partial charge on any atom is 0.289 e. The number of H-pyrrole nitrogens is 1. The Labute approximate surface area is 84.1 Å². The first-order valence-corrected chi connectivity index (χ1v) is 5.13. The van der Waals surface area contributed by atoms with Gasteiger partial charge in [0.2, 0.25) is 0 Å². The van der Waals surface area contributed by atoms with Crippen molar-refractivity contribution in [2.24, 2.45) is 5.92 Å². The van der Waals surface area contributed by atoms with E-state index in [0.29, 0.717) is 11.6 Å². The molecule has 14 heavy (non-hydrogen) atoms. The maximum absolute atomic E-state index is 11.6. The van der Waals surface area contributed by atoms with E-state index < -0.39 is 0 Å². The second kappa shape index (κ2) is 4.35. The Morgan fingerprint density at radius 2 is 2.14 bits per heavy atom. The van der Waals surface area contributed by atoms with Crippen LogP contribution < -0.4 is 11.3 Å². The zero-order chi connectivity index (χ0) is 10.7. The predicted molar refractivity (Wildman–Crippen MR) is 58.3 cm³/mol. The lowest BCUT2D eigenvalue weighted by Crippen LogP contribution is -2.19. The Morgan fingerprint density at radius 1 is 1.50 bits per heavy atom. The van der Waals surface area contributed by atoms with Crippen molar-refractivity contribution < 1.29 is 0 Å². The monoisotopic (exact) mass is 197 g/mol. The second-order valence-corrected chi connectivity index (χ2v) is 4.00. The molecule has 0 saturated carbocycles. The lowest BCUT2D eigenvalue weighted by atomic mass is 10.1. The molecule has 0 aliphatic rings. The zero-order valence-corrected chi connectivity index (χ0v) is 9.13. The van der Waals surface area contributed by atoms with Gasteiger partial charge in [-0.05, 0) is 18.8 Å². The highest BCUT2D eigenvalue weighted by atomic mass is 16.1. The van der Waals surface area contributed by atoms with E-state index >= 15 is 0 Å². The van der Waals surface area contributed by atoms with Gasteiger partial charge in [-0.15, -0.1) is 0 Å². The minimum atomic E-state index is -0.0810. The smallest absolute Gasteiger partial charge is 0.289 e. The predicted octanol–water partition coefficient (Wildman–Crippen LogP) is 1.37. The molecule has 1 rings (SSSR count). The van der Waals surface area contributed by atoms with Gasteiger partial charge in [0.05, 0.1) is 5.69 Å². The molecule has 1 aromatic rings. The molecule has 0 unspecified atom stereocenters. The minimum absolute atomic E-state index is 0.0810. The van der Waals surface area contributed by atoms with Gasteiger partial charge >= 0.3 is 0 Å². The SMILES string of the molecule is CCc1[nH]n(CCC(C)C)c(=O)c1N. The molecule has 4 heteroatoms. The molecule has 0 saturated heterocycles. The molecule has 0 aliphatic carbocycles. The summed E-state index contributed by atoms with van der Waals surface area (Å²) >= 11 is 0. The molecule has 0 atom stereocenters. The van der Waals surface area contributed by atoms with Gasteiger partial charge in [0.1, 0.15) is 5.69 Å². The fraction of sp³-hybridized carbons (Fsp3) is 0.700. The zero-order valence-electron chi connectivity index (χ0n) is 9.13. The molecule has 1 aromatic heterocycles. The van der Waals surface area contributed by atoms with Crippen molar-refractivity contribution in [2.45, 2.75) is 40.2 Å². The maximum atomic E-state index is 11.6. The number of rotatable bonds is 4. The number of hydrogen-bond donors (Lipinski definition) is 2. The molecular weight excluding hydrogens is 178 g/mol. The number of anilines is 1. The summed E-state index contributed by atoms with van der Waals surface area (Å²) in [6.07, 6.45) is 1.76. The standard InChI is InChI=1S/C10H19N3O/c1-4-8-9(11)10(14)13(12-8)6-5-7(2)3/h7,12H,4-6,11H2,1-3H3. The number of hydrogen-bond acceptors (Lipinski definition) is 2. The Bertz CT molecular complexity index is 349. The highest BCUT2D eigenvalue weighted by Crippen LogP contribution is 2.05. The minimum Gasteiger partial charge on any atom is -0.393 e. The van der Waals surface area contributed by atoms with E-state index in [2.05, 4.69) is 18.9 Å². The van der Waals surface area contributed by atoms with Crippen LogP contribution in [-0.2, 0) is 13.0 Å². The van der Waals surface area contributed by atoms with Crippen molar-refractivity contribution in [3.8, 4) is 0 Å². The number of nitrogens with two attached hydrogens (primary N) is 1. The number of nitrogens with one attached hydrogen (secondary N) is 1. The van der Waals surface area contributed by atoms with Gasteiger partial charge in [-0.25, -0.2) is 0 Å². The Kier molecular flexibility index (Phi) is 3.38. The van der Waals surface area contributed by atoms with Crippen LogP contribution in [0, 0.1) is 5.92 Å². The molecule has 1 heterocycles. The summed E-state index contributed by atoms with van der Waals surface area (Å²) in [6.45, 7) is 6.98. The molecule has 4 nitrogen and oxygen atoms in total. The summed E-state index contributed by atoms with van der Waals surface area (Å²) in [7, 11) is 0. The number of aromatic nitrogens is 2. The molecule has 0 aromatic carbocycles. The third kappa shape index (κ3) is 2.19. The van der Waals surface area contributed by atoms with Gasteiger partial charge in [-0.2, -0.15) is 0 Å². The van der Waals surface area contributed by atoms with Gasteiger partial charge in [0, 0.05) is 6.54 Å². The van der Waals surface area contributed by atoms with Gasteiger partial charge in [0.25, 0.3) is 5.56 Å². The van der Waals surface area contributed by atoms with Crippen LogP contribution in [-0.4, -0.2) is 9.78 Å². The van der Waals surface area contributed by atoms with Crippen molar-refractivity contribution in [1.29, 1.82) is 0 Å². The van der Waals surface area contributed by atoms with Gasteiger partial charge in [-0.3, -0.25) is 14.6 Å². The van der Waals surface area contributed by atoms with Gasteiger partial charge < -0.3 is 5.73 Å². The highest BCUT2D eigenvalue weighted by molar-refractivity contribution is 5.40. The van der Waals surface area contributed by atoms with Gasteiger partial charge in [-0.1, -0.05) is 20.8 Å². The number of aryl methyl sites for hydroxylation is 2. The van der Waals surface area contributed by atoms with Crippen LogP contribution in [0.5, 0.6) is 0 Å². The van der Waals surface area contributed by atoms with E-state index in [1.807, 2.05) is 6.92 Å². The molecule has 0 bridgehead atoms. The molecule has 0 spiro atoms. The van der Waals surface area contributed by atoms with E-state index in [0.717, 1.165) is 25.1 Å². The average molecular weight is 197 g/mol. The lowest BCUT2D eigenvalue weighted by molar-refractivity contribution is 0.477. The summed E-state index contributed by atoms with van der Waals surface area (Å²) < 4.78 is 1.61. The van der Waals surface area contributed by atoms with Crippen molar-refractivity contribution >= 4 is 5.69 Å². The largest absolute Gasteiger partial charge is 0.393 e. The highest BCUT2D eigenvalue weighted by Gasteiger charge is 2.08. The van der Waals surface area contributed by atoms with E-state index in [1.165, 1.54) is 0 Å². The Balaban J connectivity index is 2.83. The molecule has 0 radical (unpaired) electrons. The van der Waals surface area contributed by atoms with Crippen molar-refractivity contribution in [1.82, 2.24) is 9.78 Å². The summed E-state index contributed by atoms with van der Waals surface area (Å²) in [5.41, 5.74) is 6.79. The molecule has 0 amide bonds. The molecule has 0 aliphatic heterocycles. The number of nitrogen functional groups attached to an aromatic ring is 1. The third-order valence-corrected chi connectivity index (χ3v) is 2.35. The summed E-state index contributed by atoms with van der Waals surface area (Å²) in [5, 5.41) is 3.03. The van der Waals surface area contributed by atoms with Crippen molar-refractivity contribution in [3.63, 3.8) is 0 Å². The van der Waals surface area contributed by atoms with Crippen LogP contribution in [0.15, 0.2) is 4.79 Å². The fourth-order valence-electron chi connectivity index (χ4n) is 1.36. The first kappa shape index (κ1) is 10.9. The number of aromatic amines is 1. The third-order valence-electron chi connectivity index (χ3n) is 2.35. The first-order chi connectivity index (χ1) is 6.56. The summed E-state index contributed by atoms with van der Waals surface area (Å²) in [5.74, 6) is 0.594. The van der Waals surface area contributed by atoms with Crippen LogP contribution in [0.3, 0.4) is 0 Å². The van der Waals surface area contributed by atoms with Crippen LogP contribution >= 0.6 is 0 Å². The van der Waals surface area contributed by atoms with Crippen LogP contribution in [0.4, 0.5) is 5.69 Å². The van der Waals surface area contributed by atoms with Crippen molar-refractivity contribution in [3.05, 3.63) is 16.0 Å². The molecule has 3 N–H and O–H groups in total. The van der Waals surface area contributed by atoms with E-state index in [9.17, 15) is 4.79 Å².